The van der Waals surface area contributed by atoms with Crippen molar-refractivity contribution in [2.45, 2.75) is 32.7 Å². The number of rotatable bonds is 7. The monoisotopic (exact) mass is 300 g/mol. The Bertz CT molecular complexity index is 409. The van der Waals surface area contributed by atoms with Gasteiger partial charge >= 0.3 is 0 Å². The van der Waals surface area contributed by atoms with Gasteiger partial charge in [0, 0.05) is 30.9 Å². The Morgan fingerprint density at radius 2 is 2.00 bits per heavy atom. The molecular formula is C15H25ClN2O2. The number of amides is 1. The van der Waals surface area contributed by atoms with E-state index >= 15 is 0 Å². The lowest BCUT2D eigenvalue weighted by molar-refractivity contribution is 0.0589. The van der Waals surface area contributed by atoms with Crippen molar-refractivity contribution in [3.05, 3.63) is 29.8 Å². The summed E-state index contributed by atoms with van der Waals surface area (Å²) in [6.07, 6.45) is 1.88. The van der Waals surface area contributed by atoms with Crippen LogP contribution in [0, 0.1) is 0 Å². The zero-order valence-electron chi connectivity index (χ0n) is 12.5. The first kappa shape index (κ1) is 18.7. The predicted octanol–water partition coefficient (Wildman–Crippen LogP) is 2.97. The van der Waals surface area contributed by atoms with Crippen molar-refractivity contribution >= 4 is 24.0 Å². The molecule has 0 aromatic heterocycles. The van der Waals surface area contributed by atoms with E-state index in [1.165, 1.54) is 0 Å². The number of nitrogen functional groups attached to an aromatic ring is 1. The van der Waals surface area contributed by atoms with Crippen LogP contribution in [0.3, 0.4) is 0 Å². The van der Waals surface area contributed by atoms with E-state index in [4.69, 9.17) is 10.5 Å². The number of hydrogen-bond donors (Lipinski definition) is 1. The van der Waals surface area contributed by atoms with E-state index in [1.807, 2.05) is 11.0 Å². The van der Waals surface area contributed by atoms with Gasteiger partial charge in [-0.05, 0) is 31.0 Å². The molecule has 0 saturated carbocycles. The lowest BCUT2D eigenvalue weighted by Gasteiger charge is -2.30. The van der Waals surface area contributed by atoms with Gasteiger partial charge < -0.3 is 15.4 Å². The molecule has 4 nitrogen and oxygen atoms in total. The second-order valence-electron chi connectivity index (χ2n) is 4.59. The number of carbonyl (C=O) groups is 1. The van der Waals surface area contributed by atoms with Crippen LogP contribution >= 0.6 is 12.4 Å². The number of methoxy groups -OCH3 is 1. The Morgan fingerprint density at radius 1 is 1.35 bits per heavy atom. The van der Waals surface area contributed by atoms with E-state index in [0.29, 0.717) is 24.4 Å². The zero-order valence-corrected chi connectivity index (χ0v) is 13.3. The Morgan fingerprint density at radius 3 is 2.50 bits per heavy atom. The molecule has 5 heteroatoms. The Labute approximate surface area is 127 Å². The van der Waals surface area contributed by atoms with Crippen molar-refractivity contribution in [1.29, 1.82) is 0 Å². The minimum absolute atomic E-state index is 0. The van der Waals surface area contributed by atoms with Gasteiger partial charge in [-0.2, -0.15) is 0 Å². The number of hydrogen-bond acceptors (Lipinski definition) is 3. The van der Waals surface area contributed by atoms with Crippen molar-refractivity contribution in [2.75, 3.05) is 26.0 Å². The average Bonchev–Trinajstić information content (AvgIpc) is 2.43. The Balaban J connectivity index is 0.00000361. The number of benzene rings is 1. The molecule has 1 aromatic rings. The van der Waals surface area contributed by atoms with Gasteiger partial charge in [0.25, 0.3) is 5.91 Å². The highest BCUT2D eigenvalue weighted by molar-refractivity contribution is 5.95. The van der Waals surface area contributed by atoms with Crippen LogP contribution in [0.25, 0.3) is 0 Å². The predicted molar refractivity (Wildman–Crippen MR) is 85.4 cm³/mol. The fourth-order valence-corrected chi connectivity index (χ4v) is 2.21. The second kappa shape index (κ2) is 9.61. The van der Waals surface area contributed by atoms with Crippen molar-refractivity contribution in [3.8, 4) is 0 Å². The van der Waals surface area contributed by atoms with Crippen molar-refractivity contribution in [3.63, 3.8) is 0 Å². The maximum atomic E-state index is 12.6. The number of ether oxygens (including phenoxy) is 1. The molecule has 1 aromatic carbocycles. The maximum absolute atomic E-state index is 12.6. The van der Waals surface area contributed by atoms with Gasteiger partial charge in [-0.1, -0.05) is 19.9 Å². The fraction of sp³-hybridized carbons (Fsp3) is 0.533. The molecule has 0 unspecified atom stereocenters. The summed E-state index contributed by atoms with van der Waals surface area (Å²) in [6, 6.07) is 7.37. The number of anilines is 1. The molecule has 1 amide bonds. The molecule has 20 heavy (non-hydrogen) atoms. The third-order valence-corrected chi connectivity index (χ3v) is 3.31. The molecule has 0 heterocycles. The molecule has 0 radical (unpaired) electrons. The average molecular weight is 301 g/mol. The third kappa shape index (κ3) is 5.02. The van der Waals surface area contributed by atoms with Crippen LogP contribution in [0.15, 0.2) is 24.3 Å². The van der Waals surface area contributed by atoms with E-state index < -0.39 is 0 Å². The lowest BCUT2D eigenvalue weighted by Crippen LogP contribution is -2.41. The quantitative estimate of drug-likeness (QED) is 0.788. The standard InChI is InChI=1S/C15H24N2O2.ClH/c1-4-14(5-2)17(9-10-19-3)15(18)12-7-6-8-13(16)11-12;/h6-8,11,14H,4-5,9-10,16H2,1-3H3;1H. The van der Waals surface area contributed by atoms with E-state index in [0.717, 1.165) is 12.8 Å². The molecule has 0 aliphatic heterocycles. The van der Waals surface area contributed by atoms with Gasteiger partial charge in [0.2, 0.25) is 0 Å². The summed E-state index contributed by atoms with van der Waals surface area (Å²) in [7, 11) is 1.65. The van der Waals surface area contributed by atoms with Gasteiger partial charge in [-0.25, -0.2) is 0 Å². The van der Waals surface area contributed by atoms with E-state index in [9.17, 15) is 4.79 Å². The topological polar surface area (TPSA) is 55.6 Å². The molecular weight excluding hydrogens is 276 g/mol. The van der Waals surface area contributed by atoms with Crippen LogP contribution in [0.2, 0.25) is 0 Å². The molecule has 0 aliphatic carbocycles. The molecule has 0 fully saturated rings. The molecule has 0 aliphatic rings. The first-order valence-electron chi connectivity index (χ1n) is 6.79. The Kier molecular flexibility index (Phi) is 9.01. The fourth-order valence-electron chi connectivity index (χ4n) is 2.21. The molecule has 2 N–H and O–H groups in total. The summed E-state index contributed by atoms with van der Waals surface area (Å²) in [6.45, 7) is 5.35. The van der Waals surface area contributed by atoms with Gasteiger partial charge in [0.1, 0.15) is 0 Å². The van der Waals surface area contributed by atoms with Crippen molar-refractivity contribution in [2.24, 2.45) is 0 Å². The molecule has 114 valence electrons. The summed E-state index contributed by atoms with van der Waals surface area (Å²) in [5.74, 6) is 0.0260. The van der Waals surface area contributed by atoms with Crippen molar-refractivity contribution < 1.29 is 9.53 Å². The summed E-state index contributed by atoms with van der Waals surface area (Å²) < 4.78 is 5.10. The van der Waals surface area contributed by atoms with Gasteiger partial charge in [0.15, 0.2) is 0 Å². The highest BCUT2D eigenvalue weighted by Crippen LogP contribution is 2.15. The number of nitrogens with zero attached hydrogens (tertiary/aromatic N) is 1. The number of carbonyl (C=O) groups excluding carboxylic acids is 1. The minimum atomic E-state index is 0. The third-order valence-electron chi connectivity index (χ3n) is 3.31. The molecule has 0 saturated heterocycles. The summed E-state index contributed by atoms with van der Waals surface area (Å²) >= 11 is 0. The number of halogens is 1. The first-order valence-corrected chi connectivity index (χ1v) is 6.79. The van der Waals surface area contributed by atoms with Gasteiger partial charge in [-0.3, -0.25) is 4.79 Å². The molecule has 1 rings (SSSR count). The van der Waals surface area contributed by atoms with Crippen LogP contribution in [0.1, 0.15) is 37.0 Å². The van der Waals surface area contributed by atoms with E-state index in [-0.39, 0.29) is 24.4 Å². The van der Waals surface area contributed by atoms with Crippen LogP contribution in [-0.4, -0.2) is 37.1 Å². The highest BCUT2D eigenvalue weighted by atomic mass is 35.5. The zero-order chi connectivity index (χ0) is 14.3. The molecule has 0 spiro atoms. The van der Waals surface area contributed by atoms with Gasteiger partial charge in [-0.15, -0.1) is 12.4 Å². The first-order chi connectivity index (χ1) is 9.13. The molecule has 0 atom stereocenters. The van der Waals surface area contributed by atoms with Crippen molar-refractivity contribution in [1.82, 2.24) is 4.90 Å². The van der Waals surface area contributed by atoms with Crippen LogP contribution < -0.4 is 5.73 Å². The number of nitrogens with two attached hydrogens (primary N) is 1. The summed E-state index contributed by atoms with van der Waals surface area (Å²) in [4.78, 5) is 14.5. The van der Waals surface area contributed by atoms with Crippen LogP contribution in [-0.2, 0) is 4.74 Å². The smallest absolute Gasteiger partial charge is 0.254 e. The SMILES string of the molecule is CCC(CC)N(CCOC)C(=O)c1cccc(N)c1.Cl. The lowest BCUT2D eigenvalue weighted by atomic mass is 10.1. The minimum Gasteiger partial charge on any atom is -0.399 e. The summed E-state index contributed by atoms with van der Waals surface area (Å²) in [5.41, 5.74) is 7.00. The second-order valence-corrected chi connectivity index (χ2v) is 4.59. The van der Waals surface area contributed by atoms with Crippen LogP contribution in [0.5, 0.6) is 0 Å². The normalized spacial score (nSPS) is 10.2. The summed E-state index contributed by atoms with van der Waals surface area (Å²) in [5, 5.41) is 0. The highest BCUT2D eigenvalue weighted by Gasteiger charge is 2.22. The molecule has 0 bridgehead atoms. The van der Waals surface area contributed by atoms with E-state index in [1.54, 1.807) is 25.3 Å². The largest absolute Gasteiger partial charge is 0.399 e. The van der Waals surface area contributed by atoms with Gasteiger partial charge in [0.05, 0.1) is 6.61 Å². The Hall–Kier alpha value is -1.26. The van der Waals surface area contributed by atoms with Crippen LogP contribution in [0.4, 0.5) is 5.69 Å². The maximum Gasteiger partial charge on any atom is 0.254 e. The van der Waals surface area contributed by atoms with E-state index in [2.05, 4.69) is 13.8 Å².